The molecule has 3 aromatic rings. The first-order chi connectivity index (χ1) is 13.1. The van der Waals surface area contributed by atoms with Gasteiger partial charge >= 0.3 is 0 Å². The number of carbonyl (C=O) groups is 1. The van der Waals surface area contributed by atoms with E-state index in [1.165, 1.54) is 12.1 Å². The third-order valence-corrected chi connectivity index (χ3v) is 4.88. The highest BCUT2D eigenvalue weighted by atomic mass is 19.1. The molecule has 0 spiro atoms. The van der Waals surface area contributed by atoms with Gasteiger partial charge in [-0.25, -0.2) is 4.39 Å². The Morgan fingerprint density at radius 3 is 2.70 bits per heavy atom. The van der Waals surface area contributed by atoms with Crippen LogP contribution in [0.2, 0.25) is 0 Å². The van der Waals surface area contributed by atoms with E-state index in [0.29, 0.717) is 23.6 Å². The Hall–Kier alpha value is -3.21. The summed E-state index contributed by atoms with van der Waals surface area (Å²) >= 11 is 0. The summed E-state index contributed by atoms with van der Waals surface area (Å²) in [7, 11) is 0. The summed E-state index contributed by atoms with van der Waals surface area (Å²) in [6, 6.07) is 15.3. The van der Waals surface area contributed by atoms with Gasteiger partial charge in [0, 0.05) is 18.3 Å². The van der Waals surface area contributed by atoms with E-state index in [1.54, 1.807) is 47.6 Å². The predicted octanol–water partition coefficient (Wildman–Crippen LogP) is 4.77. The van der Waals surface area contributed by atoms with Crippen LogP contribution in [-0.4, -0.2) is 22.3 Å². The molecular weight excluding hydrogens is 343 g/mol. The van der Waals surface area contributed by atoms with E-state index in [4.69, 9.17) is 4.74 Å². The van der Waals surface area contributed by atoms with Crippen LogP contribution in [0, 0.1) is 5.82 Å². The van der Waals surface area contributed by atoms with Crippen LogP contribution < -0.4 is 4.74 Å². The first-order valence-corrected chi connectivity index (χ1v) is 8.89. The lowest BCUT2D eigenvalue weighted by Crippen LogP contribution is -2.38. The summed E-state index contributed by atoms with van der Waals surface area (Å²) in [6.45, 7) is 2.56. The number of ether oxygens (including phenoxy) is 1. The SMILES string of the molecule is CC1c2cc(F)ccc2CCN1C(=O)c1ccc(Oc2cccnc2)cc1. The summed E-state index contributed by atoms with van der Waals surface area (Å²) in [5, 5.41) is 0. The molecule has 1 aromatic heterocycles. The summed E-state index contributed by atoms with van der Waals surface area (Å²) in [4.78, 5) is 18.8. The average molecular weight is 362 g/mol. The van der Waals surface area contributed by atoms with Crippen LogP contribution >= 0.6 is 0 Å². The van der Waals surface area contributed by atoms with Crippen molar-refractivity contribution >= 4 is 5.91 Å². The molecule has 0 saturated heterocycles. The molecule has 27 heavy (non-hydrogen) atoms. The van der Waals surface area contributed by atoms with Gasteiger partial charge in [-0.15, -0.1) is 0 Å². The fourth-order valence-electron chi connectivity index (χ4n) is 3.44. The van der Waals surface area contributed by atoms with Crippen molar-refractivity contribution in [1.82, 2.24) is 9.88 Å². The summed E-state index contributed by atoms with van der Waals surface area (Å²) < 4.78 is 19.3. The summed E-state index contributed by atoms with van der Waals surface area (Å²) in [6.07, 6.45) is 4.04. The number of hydrogen-bond donors (Lipinski definition) is 0. The molecule has 0 fully saturated rings. The minimum Gasteiger partial charge on any atom is -0.456 e. The highest BCUT2D eigenvalue weighted by Gasteiger charge is 2.28. The number of nitrogens with zero attached hydrogens (tertiary/aromatic N) is 2. The first kappa shape index (κ1) is 17.2. The van der Waals surface area contributed by atoms with Gasteiger partial charge in [-0.3, -0.25) is 9.78 Å². The van der Waals surface area contributed by atoms with Crippen molar-refractivity contribution in [3.8, 4) is 11.5 Å². The van der Waals surface area contributed by atoms with Gasteiger partial charge in [-0.05, 0) is 73.0 Å². The van der Waals surface area contributed by atoms with Crippen molar-refractivity contribution in [2.45, 2.75) is 19.4 Å². The molecule has 0 aliphatic carbocycles. The molecule has 2 aromatic carbocycles. The van der Waals surface area contributed by atoms with Crippen molar-refractivity contribution in [2.24, 2.45) is 0 Å². The third kappa shape index (κ3) is 3.53. The lowest BCUT2D eigenvalue weighted by atomic mass is 9.93. The molecule has 2 heterocycles. The number of aromatic nitrogens is 1. The molecule has 4 nitrogen and oxygen atoms in total. The lowest BCUT2D eigenvalue weighted by Gasteiger charge is -2.35. The van der Waals surface area contributed by atoms with Crippen LogP contribution in [0.1, 0.15) is 34.5 Å². The Bertz CT molecular complexity index is 958. The Kier molecular flexibility index (Phi) is 4.59. The van der Waals surface area contributed by atoms with Gasteiger partial charge in [-0.1, -0.05) is 6.07 Å². The minimum absolute atomic E-state index is 0.0645. The Morgan fingerprint density at radius 2 is 1.96 bits per heavy atom. The van der Waals surface area contributed by atoms with E-state index in [0.717, 1.165) is 17.5 Å². The quantitative estimate of drug-likeness (QED) is 0.674. The van der Waals surface area contributed by atoms with Crippen molar-refractivity contribution in [2.75, 3.05) is 6.54 Å². The maximum absolute atomic E-state index is 13.6. The van der Waals surface area contributed by atoms with Crippen molar-refractivity contribution in [3.05, 3.63) is 89.5 Å². The largest absolute Gasteiger partial charge is 0.456 e. The molecule has 1 amide bonds. The molecule has 5 heteroatoms. The van der Waals surface area contributed by atoms with Crippen LogP contribution in [0.5, 0.6) is 11.5 Å². The highest BCUT2D eigenvalue weighted by Crippen LogP contribution is 2.31. The lowest BCUT2D eigenvalue weighted by molar-refractivity contribution is 0.0677. The Morgan fingerprint density at radius 1 is 1.15 bits per heavy atom. The Balaban J connectivity index is 1.51. The first-order valence-electron chi connectivity index (χ1n) is 8.89. The smallest absolute Gasteiger partial charge is 0.254 e. The number of hydrogen-bond acceptors (Lipinski definition) is 3. The molecular formula is C22H19FN2O2. The number of pyridine rings is 1. The zero-order valence-corrected chi connectivity index (χ0v) is 14.9. The number of carbonyl (C=O) groups excluding carboxylic acids is 1. The molecule has 1 atom stereocenters. The molecule has 0 N–H and O–H groups in total. The van der Waals surface area contributed by atoms with Gasteiger partial charge in [0.2, 0.25) is 0 Å². The van der Waals surface area contributed by atoms with Crippen molar-refractivity contribution in [1.29, 1.82) is 0 Å². The maximum atomic E-state index is 13.6. The molecule has 0 radical (unpaired) electrons. The topological polar surface area (TPSA) is 42.4 Å². The molecule has 1 aliphatic rings. The van der Waals surface area contributed by atoms with Crippen molar-refractivity contribution in [3.63, 3.8) is 0 Å². The number of amides is 1. The molecule has 0 bridgehead atoms. The number of fused-ring (bicyclic) bond motifs is 1. The number of rotatable bonds is 3. The zero-order valence-electron chi connectivity index (χ0n) is 14.9. The van der Waals surface area contributed by atoms with Gasteiger partial charge in [0.25, 0.3) is 5.91 Å². The number of benzene rings is 2. The summed E-state index contributed by atoms with van der Waals surface area (Å²) in [5.41, 5.74) is 2.57. The van der Waals surface area contributed by atoms with Gasteiger partial charge < -0.3 is 9.64 Å². The van der Waals surface area contributed by atoms with Crippen molar-refractivity contribution < 1.29 is 13.9 Å². The van der Waals surface area contributed by atoms with E-state index in [1.807, 2.05) is 19.1 Å². The normalized spacial score (nSPS) is 15.9. The van der Waals surface area contributed by atoms with Gasteiger partial charge in [0.1, 0.15) is 17.3 Å². The molecule has 1 aliphatic heterocycles. The monoisotopic (exact) mass is 362 g/mol. The van der Waals surface area contributed by atoms with Crippen LogP contribution in [0.25, 0.3) is 0 Å². The Labute approximate surface area is 157 Å². The second kappa shape index (κ2) is 7.19. The van der Waals surface area contributed by atoms with Crippen LogP contribution in [-0.2, 0) is 6.42 Å². The van der Waals surface area contributed by atoms with E-state index < -0.39 is 0 Å². The minimum atomic E-state index is -0.271. The molecule has 136 valence electrons. The number of halogens is 1. The van der Waals surface area contributed by atoms with Crippen LogP contribution in [0.4, 0.5) is 4.39 Å². The fourth-order valence-corrected chi connectivity index (χ4v) is 3.44. The highest BCUT2D eigenvalue weighted by molar-refractivity contribution is 5.94. The van der Waals surface area contributed by atoms with Gasteiger partial charge in [0.05, 0.1) is 12.2 Å². The molecule has 0 saturated carbocycles. The van der Waals surface area contributed by atoms with E-state index in [2.05, 4.69) is 4.98 Å². The van der Waals surface area contributed by atoms with Crippen LogP contribution in [0.15, 0.2) is 67.0 Å². The molecule has 4 rings (SSSR count). The van der Waals surface area contributed by atoms with Crippen LogP contribution in [0.3, 0.4) is 0 Å². The standard InChI is InChI=1S/C22H19FN2O2/c1-15-21-13-18(23)7-4-16(21)10-12-25(15)22(26)17-5-8-19(9-6-17)27-20-3-2-11-24-14-20/h2-9,11,13-15H,10,12H2,1H3. The second-order valence-electron chi connectivity index (χ2n) is 6.58. The van der Waals surface area contributed by atoms with Gasteiger partial charge in [0.15, 0.2) is 0 Å². The van der Waals surface area contributed by atoms with E-state index in [-0.39, 0.29) is 17.8 Å². The maximum Gasteiger partial charge on any atom is 0.254 e. The fraction of sp³-hybridized carbons (Fsp3) is 0.182. The van der Waals surface area contributed by atoms with E-state index in [9.17, 15) is 9.18 Å². The summed E-state index contributed by atoms with van der Waals surface area (Å²) in [5.74, 6) is 0.940. The predicted molar refractivity (Wildman–Crippen MR) is 100 cm³/mol. The van der Waals surface area contributed by atoms with Gasteiger partial charge in [-0.2, -0.15) is 0 Å². The second-order valence-corrected chi connectivity index (χ2v) is 6.58. The van der Waals surface area contributed by atoms with E-state index >= 15 is 0 Å². The zero-order chi connectivity index (χ0) is 18.8. The average Bonchev–Trinajstić information content (AvgIpc) is 2.70. The molecule has 1 unspecified atom stereocenters. The third-order valence-electron chi connectivity index (χ3n) is 4.88.